The molecule has 0 saturated carbocycles. The number of anilines is 1. The van der Waals surface area contributed by atoms with E-state index in [-0.39, 0.29) is 24.2 Å². The number of hydrogen-bond acceptors (Lipinski definition) is 4. The summed E-state index contributed by atoms with van der Waals surface area (Å²) in [5.74, 6) is 0.845. The van der Waals surface area contributed by atoms with Crippen molar-refractivity contribution in [2.45, 2.75) is 19.4 Å². The minimum absolute atomic E-state index is 0.0117. The first-order valence-electron chi connectivity index (χ1n) is 9.21. The SMILES string of the molecule is O=C(Nc1ccc2c(c1)OCCCO2)[C@H]1CC(=O)N(Cc2ccccc2)C1. The summed E-state index contributed by atoms with van der Waals surface area (Å²) < 4.78 is 11.3. The number of likely N-dealkylation sites (tertiary alicyclic amines) is 1. The normalized spacial score (nSPS) is 18.9. The lowest BCUT2D eigenvalue weighted by Gasteiger charge is -2.17. The molecule has 2 aromatic carbocycles. The van der Waals surface area contributed by atoms with E-state index >= 15 is 0 Å². The Balaban J connectivity index is 1.39. The van der Waals surface area contributed by atoms with Crippen molar-refractivity contribution in [1.82, 2.24) is 4.90 Å². The van der Waals surface area contributed by atoms with Crippen LogP contribution in [0, 0.1) is 5.92 Å². The maximum absolute atomic E-state index is 12.6. The first-order chi connectivity index (χ1) is 13.2. The Kier molecular flexibility index (Phi) is 4.96. The summed E-state index contributed by atoms with van der Waals surface area (Å²) in [7, 11) is 0. The zero-order valence-corrected chi connectivity index (χ0v) is 15.0. The molecule has 0 spiro atoms. The van der Waals surface area contributed by atoms with Crippen molar-refractivity contribution in [2.24, 2.45) is 5.92 Å². The summed E-state index contributed by atoms with van der Waals surface area (Å²) in [4.78, 5) is 26.7. The van der Waals surface area contributed by atoms with Gasteiger partial charge in [-0.25, -0.2) is 0 Å². The van der Waals surface area contributed by atoms with Crippen LogP contribution in [0.2, 0.25) is 0 Å². The van der Waals surface area contributed by atoms with Gasteiger partial charge in [-0.15, -0.1) is 0 Å². The number of amides is 2. The molecule has 0 aromatic heterocycles. The van der Waals surface area contributed by atoms with Crippen LogP contribution in [-0.4, -0.2) is 36.5 Å². The largest absolute Gasteiger partial charge is 0.490 e. The minimum atomic E-state index is -0.350. The number of nitrogens with zero attached hydrogens (tertiary/aromatic N) is 1. The van der Waals surface area contributed by atoms with Gasteiger partial charge in [-0.3, -0.25) is 9.59 Å². The van der Waals surface area contributed by atoms with E-state index in [1.807, 2.05) is 30.3 Å². The second-order valence-corrected chi connectivity index (χ2v) is 6.86. The Bertz CT molecular complexity index is 837. The second kappa shape index (κ2) is 7.70. The summed E-state index contributed by atoms with van der Waals surface area (Å²) >= 11 is 0. The summed E-state index contributed by atoms with van der Waals surface area (Å²) in [6, 6.07) is 15.2. The van der Waals surface area contributed by atoms with Gasteiger partial charge in [-0.2, -0.15) is 0 Å². The fourth-order valence-electron chi connectivity index (χ4n) is 3.39. The minimum Gasteiger partial charge on any atom is -0.490 e. The molecule has 2 aromatic rings. The Morgan fingerprint density at radius 2 is 1.85 bits per heavy atom. The Morgan fingerprint density at radius 3 is 2.67 bits per heavy atom. The monoisotopic (exact) mass is 366 g/mol. The highest BCUT2D eigenvalue weighted by Gasteiger charge is 2.34. The number of fused-ring (bicyclic) bond motifs is 1. The van der Waals surface area contributed by atoms with Crippen LogP contribution in [0.4, 0.5) is 5.69 Å². The van der Waals surface area contributed by atoms with Crippen LogP contribution in [0.25, 0.3) is 0 Å². The van der Waals surface area contributed by atoms with Gasteiger partial charge in [-0.05, 0) is 17.7 Å². The van der Waals surface area contributed by atoms with Gasteiger partial charge in [0, 0.05) is 37.7 Å². The third-order valence-electron chi connectivity index (χ3n) is 4.82. The molecule has 1 N–H and O–H groups in total. The van der Waals surface area contributed by atoms with Gasteiger partial charge < -0.3 is 19.7 Å². The molecule has 2 aliphatic rings. The van der Waals surface area contributed by atoms with Crippen LogP contribution >= 0.6 is 0 Å². The first kappa shape index (κ1) is 17.4. The molecule has 4 rings (SSSR count). The van der Waals surface area contributed by atoms with Crippen LogP contribution in [0.5, 0.6) is 11.5 Å². The Morgan fingerprint density at radius 1 is 1.07 bits per heavy atom. The van der Waals surface area contributed by atoms with E-state index in [0.717, 1.165) is 12.0 Å². The molecule has 6 heteroatoms. The van der Waals surface area contributed by atoms with Crippen LogP contribution < -0.4 is 14.8 Å². The predicted molar refractivity (Wildman–Crippen MR) is 101 cm³/mol. The van der Waals surface area contributed by atoms with Crippen LogP contribution in [0.1, 0.15) is 18.4 Å². The Hall–Kier alpha value is -3.02. The average Bonchev–Trinajstić information content (AvgIpc) is 2.89. The van der Waals surface area contributed by atoms with Crippen LogP contribution in [-0.2, 0) is 16.1 Å². The van der Waals surface area contributed by atoms with Gasteiger partial charge in [0.2, 0.25) is 11.8 Å². The van der Waals surface area contributed by atoms with Crippen molar-refractivity contribution in [1.29, 1.82) is 0 Å². The number of rotatable bonds is 4. The number of ether oxygens (including phenoxy) is 2. The molecule has 0 unspecified atom stereocenters. The van der Waals surface area contributed by atoms with Gasteiger partial charge >= 0.3 is 0 Å². The lowest BCUT2D eigenvalue weighted by molar-refractivity contribution is -0.128. The molecule has 140 valence electrons. The topological polar surface area (TPSA) is 67.9 Å². The van der Waals surface area contributed by atoms with Crippen LogP contribution in [0.3, 0.4) is 0 Å². The summed E-state index contributed by atoms with van der Waals surface area (Å²) in [5.41, 5.74) is 1.72. The Labute approximate surface area is 158 Å². The quantitative estimate of drug-likeness (QED) is 0.904. The standard InChI is InChI=1S/C21H22N2O4/c24-20-11-16(14-23(20)13-15-5-2-1-3-6-15)21(25)22-17-7-8-18-19(12-17)27-10-4-9-26-18/h1-3,5-8,12,16H,4,9-11,13-14H2,(H,22,25)/t16-/m0/s1. The maximum Gasteiger partial charge on any atom is 0.229 e. The average molecular weight is 366 g/mol. The van der Waals surface area contributed by atoms with E-state index < -0.39 is 0 Å². The molecule has 0 radical (unpaired) electrons. The fraction of sp³-hybridized carbons (Fsp3) is 0.333. The van der Waals surface area contributed by atoms with E-state index in [2.05, 4.69) is 5.32 Å². The van der Waals surface area contributed by atoms with Gasteiger partial charge in [0.05, 0.1) is 19.1 Å². The van der Waals surface area contributed by atoms with Crippen molar-refractivity contribution in [3.63, 3.8) is 0 Å². The van der Waals surface area contributed by atoms with Crippen LogP contribution in [0.15, 0.2) is 48.5 Å². The smallest absolute Gasteiger partial charge is 0.229 e. The zero-order valence-electron chi connectivity index (χ0n) is 15.0. The molecule has 2 heterocycles. The van der Waals surface area contributed by atoms with Gasteiger partial charge in [-0.1, -0.05) is 30.3 Å². The van der Waals surface area contributed by atoms with Crippen molar-refractivity contribution in [3.8, 4) is 11.5 Å². The highest BCUT2D eigenvalue weighted by Crippen LogP contribution is 2.32. The predicted octanol–water partition coefficient (Wildman–Crippen LogP) is 2.84. The highest BCUT2D eigenvalue weighted by atomic mass is 16.5. The van der Waals surface area contributed by atoms with E-state index in [1.165, 1.54) is 0 Å². The number of hydrogen-bond donors (Lipinski definition) is 1. The summed E-state index contributed by atoms with van der Waals surface area (Å²) in [6.07, 6.45) is 1.07. The molecule has 1 atom stereocenters. The van der Waals surface area contributed by atoms with Crippen molar-refractivity contribution in [3.05, 3.63) is 54.1 Å². The molecular formula is C21H22N2O4. The molecule has 2 aliphatic heterocycles. The lowest BCUT2D eigenvalue weighted by Crippen LogP contribution is -2.28. The van der Waals surface area contributed by atoms with Gasteiger partial charge in [0.1, 0.15) is 0 Å². The number of carbonyl (C=O) groups excluding carboxylic acids is 2. The number of nitrogens with one attached hydrogen (secondary N) is 1. The molecular weight excluding hydrogens is 344 g/mol. The zero-order chi connectivity index (χ0) is 18.6. The van der Waals surface area contributed by atoms with E-state index in [1.54, 1.807) is 23.1 Å². The van der Waals surface area contributed by atoms with Crippen molar-refractivity contribution < 1.29 is 19.1 Å². The second-order valence-electron chi connectivity index (χ2n) is 6.86. The molecule has 0 bridgehead atoms. The summed E-state index contributed by atoms with van der Waals surface area (Å²) in [5, 5.41) is 2.91. The molecule has 1 fully saturated rings. The highest BCUT2D eigenvalue weighted by molar-refractivity contribution is 5.97. The van der Waals surface area contributed by atoms with E-state index in [4.69, 9.17) is 9.47 Å². The number of benzene rings is 2. The fourth-order valence-corrected chi connectivity index (χ4v) is 3.39. The van der Waals surface area contributed by atoms with Gasteiger partial charge in [0.15, 0.2) is 11.5 Å². The molecule has 2 amide bonds. The summed E-state index contributed by atoms with van der Waals surface area (Å²) in [6.45, 7) is 2.19. The van der Waals surface area contributed by atoms with E-state index in [0.29, 0.717) is 43.5 Å². The van der Waals surface area contributed by atoms with Gasteiger partial charge in [0.25, 0.3) is 0 Å². The third kappa shape index (κ3) is 4.05. The first-order valence-corrected chi connectivity index (χ1v) is 9.21. The molecule has 27 heavy (non-hydrogen) atoms. The van der Waals surface area contributed by atoms with Crippen molar-refractivity contribution in [2.75, 3.05) is 25.1 Å². The molecule has 6 nitrogen and oxygen atoms in total. The van der Waals surface area contributed by atoms with E-state index in [9.17, 15) is 9.59 Å². The lowest BCUT2D eigenvalue weighted by atomic mass is 10.1. The van der Waals surface area contributed by atoms with Crippen molar-refractivity contribution >= 4 is 17.5 Å². The molecule has 0 aliphatic carbocycles. The number of carbonyl (C=O) groups is 2. The molecule has 1 saturated heterocycles. The maximum atomic E-state index is 12.6. The third-order valence-corrected chi connectivity index (χ3v) is 4.82.